The topological polar surface area (TPSA) is 99.1 Å². The molecule has 9 heteroatoms. The largest absolute Gasteiger partial charge is 0.507 e. The second kappa shape index (κ2) is 9.29. The number of imide groups is 1. The van der Waals surface area contributed by atoms with Crippen LogP contribution in [0, 0.1) is 11.8 Å². The highest BCUT2D eigenvalue weighted by molar-refractivity contribution is 6.38. The van der Waals surface area contributed by atoms with Gasteiger partial charge in [-0.2, -0.15) is 5.10 Å². The third kappa shape index (κ3) is 3.52. The molecule has 41 heavy (non-hydrogen) atoms. The number of nitrogens with zero attached hydrogens (tertiary/aromatic N) is 2. The number of benzene rings is 4. The Kier molecular flexibility index (Phi) is 5.78. The predicted molar refractivity (Wildman–Crippen MR) is 156 cm³/mol. The van der Waals surface area contributed by atoms with Gasteiger partial charge in [0.2, 0.25) is 11.8 Å². The van der Waals surface area contributed by atoms with Crippen LogP contribution in [0.2, 0.25) is 10.0 Å². The van der Waals surface area contributed by atoms with Crippen LogP contribution in [-0.4, -0.2) is 29.0 Å². The van der Waals surface area contributed by atoms with E-state index >= 15 is 0 Å². The molecule has 1 fully saturated rings. The zero-order valence-corrected chi connectivity index (χ0v) is 22.8. The van der Waals surface area contributed by atoms with Crippen molar-refractivity contribution >= 4 is 52.8 Å². The lowest BCUT2D eigenvalue weighted by molar-refractivity contribution is -0.122. The zero-order chi connectivity index (χ0) is 28.5. The summed E-state index contributed by atoms with van der Waals surface area (Å²) in [6, 6.07) is 26.3. The smallest absolute Gasteiger partial charge is 0.275 e. The first-order chi connectivity index (χ1) is 19.8. The Morgan fingerprint density at radius 1 is 0.878 bits per heavy atom. The molecule has 2 bridgehead atoms. The molecule has 2 atom stereocenters. The maximum atomic E-state index is 14.4. The Morgan fingerprint density at radius 2 is 1.51 bits per heavy atom. The third-order valence-electron chi connectivity index (χ3n) is 8.42. The molecule has 0 aromatic heterocycles. The summed E-state index contributed by atoms with van der Waals surface area (Å²) in [6.07, 6.45) is 1.56. The minimum Gasteiger partial charge on any atom is -0.507 e. The molecule has 4 aromatic carbocycles. The molecule has 2 N–H and O–H groups in total. The lowest BCUT2D eigenvalue weighted by atomic mass is 9.47. The monoisotopic (exact) mass is 581 g/mol. The Morgan fingerprint density at radius 3 is 2.17 bits per heavy atom. The van der Waals surface area contributed by atoms with Gasteiger partial charge >= 0.3 is 0 Å². The summed E-state index contributed by atoms with van der Waals surface area (Å²) in [5, 5.41) is 15.1. The van der Waals surface area contributed by atoms with Gasteiger partial charge in [-0.05, 0) is 52.6 Å². The molecule has 0 spiro atoms. The number of phenolic OH excluding ortho intramolecular Hbond substituents is 1. The second-order valence-corrected chi connectivity index (χ2v) is 11.2. The van der Waals surface area contributed by atoms with Crippen LogP contribution in [-0.2, 0) is 15.0 Å². The number of nitrogens with one attached hydrogen (secondary N) is 1. The quantitative estimate of drug-likeness (QED) is 0.184. The standard InChI is InChI=1S/C32H21Cl2N3O4/c33-17-13-14-24(23(34)15-17)37-30(40)27-26-18-7-1-4-10-21(18)32(28(27)31(37)41,22-11-5-2-8-19(22)26)16-35-36-29(39)20-9-3-6-12-25(20)38/h1-16,26-28,38H,(H,36,39)/b35-16-/t26?,27-,28-,32?/m0/s1. The highest BCUT2D eigenvalue weighted by atomic mass is 35.5. The second-order valence-electron chi connectivity index (χ2n) is 10.3. The number of carbonyl (C=O) groups is 3. The molecule has 1 aliphatic heterocycles. The number of amides is 3. The van der Waals surface area contributed by atoms with E-state index in [1.807, 2.05) is 48.5 Å². The van der Waals surface area contributed by atoms with Crippen LogP contribution in [0.15, 0.2) is 96.1 Å². The zero-order valence-electron chi connectivity index (χ0n) is 21.3. The van der Waals surface area contributed by atoms with Crippen molar-refractivity contribution < 1.29 is 19.5 Å². The van der Waals surface area contributed by atoms with E-state index in [1.54, 1.807) is 30.5 Å². The average Bonchev–Trinajstić information content (AvgIpc) is 3.24. The number of rotatable bonds is 4. The van der Waals surface area contributed by atoms with E-state index in [-0.39, 0.29) is 33.8 Å². The van der Waals surface area contributed by atoms with Gasteiger partial charge in [0.25, 0.3) is 5.91 Å². The van der Waals surface area contributed by atoms with Crippen LogP contribution >= 0.6 is 23.2 Å². The van der Waals surface area contributed by atoms with Crippen molar-refractivity contribution in [3.05, 3.63) is 129 Å². The molecular formula is C32H21Cl2N3O4. The van der Waals surface area contributed by atoms with E-state index in [1.165, 1.54) is 23.1 Å². The molecule has 202 valence electrons. The van der Waals surface area contributed by atoms with Gasteiger partial charge in [0.05, 0.1) is 33.5 Å². The molecule has 8 rings (SSSR count). The van der Waals surface area contributed by atoms with Gasteiger partial charge < -0.3 is 5.11 Å². The molecule has 4 aromatic rings. The number of phenols is 1. The van der Waals surface area contributed by atoms with Crippen LogP contribution in [0.5, 0.6) is 5.75 Å². The first-order valence-corrected chi connectivity index (χ1v) is 13.7. The van der Waals surface area contributed by atoms with Crippen LogP contribution in [0.4, 0.5) is 5.69 Å². The maximum absolute atomic E-state index is 14.4. The Bertz CT molecular complexity index is 1770. The number of hydrogen-bond acceptors (Lipinski definition) is 5. The minimum atomic E-state index is -1.17. The van der Waals surface area contributed by atoms with Gasteiger partial charge in [0.15, 0.2) is 0 Å². The van der Waals surface area contributed by atoms with E-state index in [0.717, 1.165) is 22.3 Å². The first-order valence-electron chi connectivity index (χ1n) is 13.0. The van der Waals surface area contributed by atoms with E-state index < -0.39 is 29.1 Å². The molecule has 4 aliphatic rings. The summed E-state index contributed by atoms with van der Waals surface area (Å²) in [5.74, 6) is -3.47. The number of anilines is 1. The maximum Gasteiger partial charge on any atom is 0.275 e. The van der Waals surface area contributed by atoms with Gasteiger partial charge in [-0.3, -0.25) is 14.4 Å². The fourth-order valence-electron chi connectivity index (χ4n) is 6.87. The molecule has 0 radical (unpaired) electrons. The highest BCUT2D eigenvalue weighted by Crippen LogP contribution is 2.63. The van der Waals surface area contributed by atoms with Crippen molar-refractivity contribution in [2.75, 3.05) is 4.90 Å². The minimum absolute atomic E-state index is 0.0591. The molecule has 7 nitrogen and oxygen atoms in total. The fourth-order valence-corrected chi connectivity index (χ4v) is 7.36. The molecule has 0 saturated carbocycles. The van der Waals surface area contributed by atoms with Gasteiger partial charge in [-0.1, -0.05) is 83.9 Å². The van der Waals surface area contributed by atoms with Crippen molar-refractivity contribution in [2.45, 2.75) is 11.3 Å². The van der Waals surface area contributed by atoms with Crippen molar-refractivity contribution in [3.8, 4) is 5.75 Å². The summed E-state index contributed by atoms with van der Waals surface area (Å²) in [6.45, 7) is 0. The number of hydrazone groups is 1. The average molecular weight is 582 g/mol. The number of aromatic hydroxyl groups is 1. The van der Waals surface area contributed by atoms with E-state index in [2.05, 4.69) is 10.5 Å². The van der Waals surface area contributed by atoms with Crippen molar-refractivity contribution in [1.29, 1.82) is 0 Å². The lowest BCUT2D eigenvalue weighted by Crippen LogP contribution is -2.54. The van der Waals surface area contributed by atoms with Crippen molar-refractivity contribution in [3.63, 3.8) is 0 Å². The summed E-state index contributed by atoms with van der Waals surface area (Å²) < 4.78 is 0. The SMILES string of the molecule is O=C(N/N=C\C12c3ccccc3C(c3ccccc31)[C@@H]1C(=O)N(c3ccc(Cl)cc3Cl)C(=O)[C@H]12)c1ccccc1O. The number of hydrogen-bond donors (Lipinski definition) is 2. The number of halogens is 2. The van der Waals surface area contributed by atoms with Crippen molar-refractivity contribution in [2.24, 2.45) is 16.9 Å². The van der Waals surface area contributed by atoms with Crippen LogP contribution in [0.1, 0.15) is 38.5 Å². The van der Waals surface area contributed by atoms with Gasteiger partial charge in [0.1, 0.15) is 5.75 Å². The third-order valence-corrected chi connectivity index (χ3v) is 8.96. The summed E-state index contributed by atoms with van der Waals surface area (Å²) in [7, 11) is 0. The first kappa shape index (κ1) is 25.5. The normalized spacial score (nSPS) is 23.9. The van der Waals surface area contributed by atoms with Gasteiger partial charge in [-0.15, -0.1) is 0 Å². The van der Waals surface area contributed by atoms with E-state index in [0.29, 0.717) is 5.02 Å². The van der Waals surface area contributed by atoms with Gasteiger partial charge in [0, 0.05) is 17.2 Å². The van der Waals surface area contributed by atoms with Crippen molar-refractivity contribution in [1.82, 2.24) is 5.43 Å². The van der Waals surface area contributed by atoms with E-state index in [4.69, 9.17) is 23.2 Å². The van der Waals surface area contributed by atoms with Gasteiger partial charge in [-0.25, -0.2) is 10.3 Å². The molecular weight excluding hydrogens is 561 g/mol. The Hall–Kier alpha value is -4.46. The summed E-state index contributed by atoms with van der Waals surface area (Å²) >= 11 is 12.6. The number of carbonyl (C=O) groups excluding carboxylic acids is 3. The summed E-state index contributed by atoms with van der Waals surface area (Å²) in [4.78, 5) is 42.7. The molecule has 1 saturated heterocycles. The van der Waals surface area contributed by atoms with E-state index in [9.17, 15) is 19.5 Å². The van der Waals surface area contributed by atoms with Crippen LogP contribution < -0.4 is 10.3 Å². The Labute approximate surface area is 245 Å². The predicted octanol–water partition coefficient (Wildman–Crippen LogP) is 5.67. The fraction of sp³-hybridized carbons (Fsp3) is 0.125. The van der Waals surface area contributed by atoms with Crippen LogP contribution in [0.25, 0.3) is 0 Å². The summed E-state index contributed by atoms with van der Waals surface area (Å²) in [5.41, 5.74) is 5.22. The lowest BCUT2D eigenvalue weighted by Gasteiger charge is -2.52. The Balaban J connectivity index is 1.41. The molecule has 3 aliphatic carbocycles. The van der Waals surface area contributed by atoms with Crippen LogP contribution in [0.3, 0.4) is 0 Å². The molecule has 1 heterocycles. The highest BCUT2D eigenvalue weighted by Gasteiger charge is 2.68. The number of para-hydroxylation sites is 1. The molecule has 0 unspecified atom stereocenters. The molecule has 3 amide bonds.